The van der Waals surface area contributed by atoms with Crippen molar-refractivity contribution >= 4 is 27.3 Å². The van der Waals surface area contributed by atoms with E-state index in [4.69, 9.17) is 0 Å². The van der Waals surface area contributed by atoms with Gasteiger partial charge in [-0.25, -0.2) is 4.98 Å². The lowest BCUT2D eigenvalue weighted by molar-refractivity contribution is -0.384. The van der Waals surface area contributed by atoms with Gasteiger partial charge in [0.15, 0.2) is 0 Å². The van der Waals surface area contributed by atoms with Gasteiger partial charge in [0.25, 0.3) is 5.69 Å². The summed E-state index contributed by atoms with van der Waals surface area (Å²) in [7, 11) is 1.87. The van der Waals surface area contributed by atoms with Crippen LogP contribution in [0.3, 0.4) is 0 Å². The van der Waals surface area contributed by atoms with Crippen LogP contribution in [0.15, 0.2) is 41.4 Å². The van der Waals surface area contributed by atoms with Gasteiger partial charge in [0, 0.05) is 43.1 Å². The van der Waals surface area contributed by atoms with Crippen molar-refractivity contribution in [2.24, 2.45) is 0 Å². The van der Waals surface area contributed by atoms with Crippen LogP contribution in [-0.2, 0) is 6.54 Å². The third-order valence-corrected chi connectivity index (χ3v) is 3.51. The van der Waals surface area contributed by atoms with Crippen molar-refractivity contribution in [2.45, 2.75) is 13.0 Å². The van der Waals surface area contributed by atoms with E-state index in [1.807, 2.05) is 28.8 Å². The molecule has 20 heavy (non-hydrogen) atoms. The summed E-state index contributed by atoms with van der Waals surface area (Å²) in [5, 5.41) is 11.1. The van der Waals surface area contributed by atoms with E-state index in [9.17, 15) is 10.1 Å². The quantitative estimate of drug-likeness (QED) is 0.599. The summed E-state index contributed by atoms with van der Waals surface area (Å²) in [4.78, 5) is 16.6. The molecule has 0 aliphatic carbocycles. The number of aryl methyl sites for hydroxylation is 1. The number of hydrogen-bond acceptors (Lipinski definition) is 4. The Hall–Kier alpha value is -1.89. The monoisotopic (exact) mass is 338 g/mol. The van der Waals surface area contributed by atoms with Crippen LogP contribution < -0.4 is 4.90 Å². The average molecular weight is 339 g/mol. The van der Waals surface area contributed by atoms with Crippen LogP contribution in [0.25, 0.3) is 0 Å². The van der Waals surface area contributed by atoms with Crippen molar-refractivity contribution < 1.29 is 4.92 Å². The van der Waals surface area contributed by atoms with Gasteiger partial charge in [0.05, 0.1) is 11.3 Å². The molecule has 7 heteroatoms. The summed E-state index contributed by atoms with van der Waals surface area (Å²) in [5.74, 6) is 0. The lowest BCUT2D eigenvalue weighted by atomic mass is 10.2. The van der Waals surface area contributed by atoms with Gasteiger partial charge in [0.2, 0.25) is 0 Å². The van der Waals surface area contributed by atoms with Gasteiger partial charge in [-0.2, -0.15) is 0 Å². The molecule has 1 aromatic carbocycles. The van der Waals surface area contributed by atoms with Crippen LogP contribution in [0.2, 0.25) is 0 Å². The molecule has 0 radical (unpaired) electrons. The number of nitro benzene ring substituents is 1. The summed E-state index contributed by atoms with van der Waals surface area (Å²) >= 11 is 3.26. The molecule has 1 heterocycles. The highest BCUT2D eigenvalue weighted by molar-refractivity contribution is 9.10. The number of halogens is 1. The maximum atomic E-state index is 11.1. The highest BCUT2D eigenvalue weighted by Crippen LogP contribution is 2.30. The first kappa shape index (κ1) is 14.5. The zero-order valence-electron chi connectivity index (χ0n) is 11.1. The van der Waals surface area contributed by atoms with E-state index in [1.165, 1.54) is 6.07 Å². The largest absolute Gasteiger partial charge is 0.369 e. The van der Waals surface area contributed by atoms with Gasteiger partial charge in [-0.15, -0.1) is 0 Å². The number of nitro groups is 1. The van der Waals surface area contributed by atoms with Gasteiger partial charge in [-0.05, 0) is 18.6 Å². The minimum atomic E-state index is -0.355. The first-order valence-corrected chi connectivity index (χ1v) is 6.98. The molecule has 2 aromatic rings. The number of rotatable bonds is 6. The van der Waals surface area contributed by atoms with Gasteiger partial charge in [0.1, 0.15) is 5.69 Å². The van der Waals surface area contributed by atoms with Gasteiger partial charge >= 0.3 is 0 Å². The van der Waals surface area contributed by atoms with Crippen molar-refractivity contribution in [3.63, 3.8) is 0 Å². The summed E-state index contributed by atoms with van der Waals surface area (Å²) in [6.45, 7) is 1.58. The van der Waals surface area contributed by atoms with E-state index in [-0.39, 0.29) is 10.6 Å². The summed E-state index contributed by atoms with van der Waals surface area (Å²) in [5.41, 5.74) is 0.744. The van der Waals surface area contributed by atoms with E-state index >= 15 is 0 Å². The molecule has 0 saturated heterocycles. The fourth-order valence-electron chi connectivity index (χ4n) is 2.00. The number of benzene rings is 1. The third kappa shape index (κ3) is 3.57. The number of hydrogen-bond donors (Lipinski definition) is 0. The lowest BCUT2D eigenvalue weighted by Gasteiger charge is -2.19. The van der Waals surface area contributed by atoms with Crippen molar-refractivity contribution in [2.75, 3.05) is 18.5 Å². The first-order valence-electron chi connectivity index (χ1n) is 6.19. The molecule has 0 amide bonds. The topological polar surface area (TPSA) is 64.2 Å². The van der Waals surface area contributed by atoms with Crippen molar-refractivity contribution in [3.05, 3.63) is 51.5 Å². The Bertz CT molecular complexity index is 586. The molecule has 0 spiro atoms. The second kappa shape index (κ2) is 6.51. The minimum Gasteiger partial charge on any atom is -0.369 e. The van der Waals surface area contributed by atoms with E-state index < -0.39 is 0 Å². The van der Waals surface area contributed by atoms with Crippen LogP contribution in [0.5, 0.6) is 0 Å². The third-order valence-electron chi connectivity index (χ3n) is 3.01. The molecule has 0 N–H and O–H groups in total. The highest BCUT2D eigenvalue weighted by Gasteiger charge is 2.17. The standard InChI is InChI=1S/C13H15BrN4O2/c1-16(6-2-7-17-8-5-15-10-17)12-4-3-11(14)9-13(12)18(19)20/h3-5,8-10H,2,6-7H2,1H3. The smallest absolute Gasteiger partial charge is 0.293 e. The molecule has 0 unspecified atom stereocenters. The SMILES string of the molecule is CN(CCCn1ccnc1)c1ccc(Br)cc1[N+](=O)[O-]. The molecular formula is C13H15BrN4O2. The van der Waals surface area contributed by atoms with E-state index in [2.05, 4.69) is 20.9 Å². The highest BCUT2D eigenvalue weighted by atomic mass is 79.9. The molecule has 1 aromatic heterocycles. The van der Waals surface area contributed by atoms with Gasteiger partial charge < -0.3 is 9.47 Å². The van der Waals surface area contributed by atoms with Crippen LogP contribution in [0.4, 0.5) is 11.4 Å². The average Bonchev–Trinajstić information content (AvgIpc) is 2.91. The number of anilines is 1. The fraction of sp³-hybridized carbons (Fsp3) is 0.308. The molecule has 6 nitrogen and oxygen atoms in total. The van der Waals surface area contributed by atoms with Crippen LogP contribution in [0, 0.1) is 10.1 Å². The van der Waals surface area contributed by atoms with Gasteiger partial charge in [-0.1, -0.05) is 15.9 Å². The Labute approximate surface area is 125 Å². The normalized spacial score (nSPS) is 10.5. The molecule has 106 valence electrons. The Morgan fingerprint density at radius 3 is 2.95 bits per heavy atom. The van der Waals surface area contributed by atoms with Crippen LogP contribution in [-0.4, -0.2) is 28.1 Å². The molecule has 0 bridgehead atoms. The van der Waals surface area contributed by atoms with Crippen LogP contribution in [0.1, 0.15) is 6.42 Å². The maximum absolute atomic E-state index is 11.1. The fourth-order valence-corrected chi connectivity index (χ4v) is 2.34. The Kier molecular flexibility index (Phi) is 4.73. The Morgan fingerprint density at radius 2 is 2.30 bits per heavy atom. The second-order valence-corrected chi connectivity index (χ2v) is 5.38. The predicted octanol–water partition coefficient (Wildman–Crippen LogP) is 3.08. The number of imidazole rings is 1. The summed E-state index contributed by atoms with van der Waals surface area (Å²) in [6.07, 6.45) is 6.30. The zero-order valence-corrected chi connectivity index (χ0v) is 12.7. The van der Waals surface area contributed by atoms with Crippen molar-refractivity contribution in [1.29, 1.82) is 0 Å². The van der Waals surface area contributed by atoms with Crippen molar-refractivity contribution in [3.8, 4) is 0 Å². The first-order chi connectivity index (χ1) is 9.58. The number of nitrogens with zero attached hydrogens (tertiary/aromatic N) is 4. The molecule has 2 rings (SSSR count). The minimum absolute atomic E-state index is 0.115. The molecule has 0 atom stereocenters. The Morgan fingerprint density at radius 1 is 1.50 bits per heavy atom. The summed E-state index contributed by atoms with van der Waals surface area (Å²) in [6, 6.07) is 5.11. The Balaban J connectivity index is 2.01. The van der Waals surface area contributed by atoms with E-state index in [1.54, 1.807) is 18.6 Å². The van der Waals surface area contributed by atoms with E-state index in [0.717, 1.165) is 19.5 Å². The zero-order chi connectivity index (χ0) is 14.5. The lowest BCUT2D eigenvalue weighted by Crippen LogP contribution is -2.20. The molecule has 0 aliphatic heterocycles. The molecule has 0 aliphatic rings. The van der Waals surface area contributed by atoms with Crippen molar-refractivity contribution in [1.82, 2.24) is 9.55 Å². The van der Waals surface area contributed by atoms with Gasteiger partial charge in [-0.3, -0.25) is 10.1 Å². The molecular weight excluding hydrogens is 324 g/mol. The summed E-state index contributed by atoms with van der Waals surface area (Å²) < 4.78 is 2.70. The maximum Gasteiger partial charge on any atom is 0.293 e. The molecule has 0 fully saturated rings. The van der Waals surface area contributed by atoms with E-state index in [0.29, 0.717) is 10.2 Å². The second-order valence-electron chi connectivity index (χ2n) is 4.47. The number of aromatic nitrogens is 2. The molecule has 0 saturated carbocycles. The predicted molar refractivity (Wildman–Crippen MR) is 80.9 cm³/mol. The van der Waals surface area contributed by atoms with Crippen LogP contribution >= 0.6 is 15.9 Å².